The number of amidine groups is 1. The van der Waals surface area contributed by atoms with Crippen molar-refractivity contribution in [3.8, 4) is 0 Å². The molecule has 1 amide bonds. The number of rotatable bonds is 6. The van der Waals surface area contributed by atoms with Gasteiger partial charge in [-0.05, 0) is 30.5 Å². The van der Waals surface area contributed by atoms with E-state index in [9.17, 15) is 13.6 Å². The van der Waals surface area contributed by atoms with Gasteiger partial charge in [0.25, 0.3) is 0 Å². The number of nitrogens with two attached hydrogens (primary N) is 1. The third-order valence-electron chi connectivity index (χ3n) is 3.38. The molecule has 0 radical (unpaired) electrons. The van der Waals surface area contributed by atoms with Crippen molar-refractivity contribution in [2.45, 2.75) is 31.7 Å². The van der Waals surface area contributed by atoms with Crippen LogP contribution in [0.1, 0.15) is 24.8 Å². The summed E-state index contributed by atoms with van der Waals surface area (Å²) in [5, 5.41) is 11.4. The monoisotopic (exact) mass is 297 g/mol. The van der Waals surface area contributed by atoms with Gasteiger partial charge in [-0.2, -0.15) is 0 Å². The summed E-state index contributed by atoms with van der Waals surface area (Å²) in [6, 6.07) is 3.59. The highest BCUT2D eigenvalue weighted by Crippen LogP contribution is 2.27. The van der Waals surface area contributed by atoms with E-state index in [1.54, 1.807) is 4.90 Å². The fourth-order valence-electron chi connectivity index (χ4n) is 2.11. The van der Waals surface area contributed by atoms with E-state index in [-0.39, 0.29) is 30.6 Å². The van der Waals surface area contributed by atoms with Crippen molar-refractivity contribution in [1.29, 1.82) is 0 Å². The molecule has 0 saturated heterocycles. The number of carbonyl (C=O) groups is 1. The highest BCUT2D eigenvalue weighted by Gasteiger charge is 2.32. The first-order valence-corrected chi connectivity index (χ1v) is 6.71. The molecule has 1 aromatic rings. The number of carbonyl (C=O) groups excluding carboxylic acids is 1. The topological polar surface area (TPSA) is 78.9 Å². The Bertz CT molecular complexity index is 559. The van der Waals surface area contributed by atoms with E-state index >= 15 is 0 Å². The van der Waals surface area contributed by atoms with Gasteiger partial charge in [-0.1, -0.05) is 11.2 Å². The Morgan fingerprint density at radius 3 is 2.67 bits per heavy atom. The van der Waals surface area contributed by atoms with Crippen molar-refractivity contribution in [2.75, 3.05) is 6.54 Å². The van der Waals surface area contributed by atoms with E-state index < -0.39 is 11.6 Å². The van der Waals surface area contributed by atoms with E-state index in [4.69, 9.17) is 10.9 Å². The molecular weight excluding hydrogens is 280 g/mol. The van der Waals surface area contributed by atoms with Crippen LogP contribution in [0.5, 0.6) is 0 Å². The predicted molar refractivity (Wildman–Crippen MR) is 72.8 cm³/mol. The average Bonchev–Trinajstić information content (AvgIpc) is 3.27. The molecule has 0 spiro atoms. The average molecular weight is 297 g/mol. The van der Waals surface area contributed by atoms with Gasteiger partial charge in [0, 0.05) is 19.0 Å². The van der Waals surface area contributed by atoms with E-state index in [1.807, 2.05) is 0 Å². The van der Waals surface area contributed by atoms with Gasteiger partial charge in [0.15, 0.2) is 11.6 Å². The van der Waals surface area contributed by atoms with E-state index in [0.29, 0.717) is 12.1 Å². The second kappa shape index (κ2) is 6.51. The third-order valence-corrected chi connectivity index (χ3v) is 3.38. The molecule has 0 aromatic heterocycles. The molecule has 1 fully saturated rings. The third kappa shape index (κ3) is 4.14. The second-order valence-corrected chi connectivity index (χ2v) is 5.08. The zero-order valence-electron chi connectivity index (χ0n) is 11.4. The second-order valence-electron chi connectivity index (χ2n) is 5.08. The summed E-state index contributed by atoms with van der Waals surface area (Å²) in [5.74, 6) is -2.01. The number of hydrogen-bond acceptors (Lipinski definition) is 3. The number of nitrogens with zero attached hydrogens (tertiary/aromatic N) is 2. The lowest BCUT2D eigenvalue weighted by Crippen LogP contribution is -2.36. The van der Waals surface area contributed by atoms with Gasteiger partial charge >= 0.3 is 0 Å². The molecule has 1 aromatic carbocycles. The molecule has 1 saturated carbocycles. The number of benzene rings is 1. The van der Waals surface area contributed by atoms with Gasteiger partial charge < -0.3 is 15.8 Å². The Balaban J connectivity index is 1.99. The minimum Gasteiger partial charge on any atom is -0.409 e. The number of amides is 1. The molecule has 0 unspecified atom stereocenters. The summed E-state index contributed by atoms with van der Waals surface area (Å²) >= 11 is 0. The first-order chi connectivity index (χ1) is 10.0. The normalized spacial score (nSPS) is 15.0. The summed E-state index contributed by atoms with van der Waals surface area (Å²) in [6.07, 6.45) is 2.11. The molecule has 3 N–H and O–H groups in total. The Kier molecular flexibility index (Phi) is 4.72. The Morgan fingerprint density at radius 1 is 1.38 bits per heavy atom. The molecule has 0 heterocycles. The van der Waals surface area contributed by atoms with Crippen LogP contribution in [-0.2, 0) is 11.2 Å². The summed E-state index contributed by atoms with van der Waals surface area (Å²) in [6.45, 7) is 0.350. The van der Waals surface area contributed by atoms with E-state index in [0.717, 1.165) is 25.0 Å². The Labute approximate surface area is 121 Å². The molecule has 21 heavy (non-hydrogen) atoms. The van der Waals surface area contributed by atoms with Crippen LogP contribution in [0.25, 0.3) is 0 Å². The van der Waals surface area contributed by atoms with Crippen LogP contribution in [-0.4, -0.2) is 34.4 Å². The van der Waals surface area contributed by atoms with Crippen LogP contribution in [0.4, 0.5) is 8.78 Å². The molecular formula is C14H17F2N3O2. The molecule has 7 heteroatoms. The smallest absolute Gasteiger partial charge is 0.227 e. The van der Waals surface area contributed by atoms with Gasteiger partial charge in [-0.15, -0.1) is 0 Å². The SMILES string of the molecule is N/C(CCN(C(=O)Cc1ccc(F)c(F)c1)C1CC1)=N/O. The molecule has 0 aliphatic heterocycles. The van der Waals surface area contributed by atoms with Crippen molar-refractivity contribution in [3.05, 3.63) is 35.4 Å². The van der Waals surface area contributed by atoms with Gasteiger partial charge in [-0.25, -0.2) is 8.78 Å². The number of hydrogen-bond donors (Lipinski definition) is 2. The number of oxime groups is 1. The van der Waals surface area contributed by atoms with Gasteiger partial charge in [-0.3, -0.25) is 4.79 Å². The van der Waals surface area contributed by atoms with Gasteiger partial charge in [0.05, 0.1) is 6.42 Å². The van der Waals surface area contributed by atoms with Gasteiger partial charge in [0.2, 0.25) is 5.91 Å². The van der Waals surface area contributed by atoms with Crippen molar-refractivity contribution >= 4 is 11.7 Å². The fraction of sp³-hybridized carbons (Fsp3) is 0.429. The van der Waals surface area contributed by atoms with E-state index in [1.165, 1.54) is 6.07 Å². The van der Waals surface area contributed by atoms with Crippen LogP contribution in [0, 0.1) is 11.6 Å². The maximum Gasteiger partial charge on any atom is 0.227 e. The minimum atomic E-state index is -0.963. The maximum atomic E-state index is 13.1. The zero-order valence-corrected chi connectivity index (χ0v) is 11.4. The molecule has 2 rings (SSSR count). The summed E-state index contributed by atoms with van der Waals surface area (Å²) in [7, 11) is 0. The Morgan fingerprint density at radius 2 is 2.10 bits per heavy atom. The summed E-state index contributed by atoms with van der Waals surface area (Å²) < 4.78 is 26.0. The molecule has 0 atom stereocenters. The summed E-state index contributed by atoms with van der Waals surface area (Å²) in [4.78, 5) is 13.9. The van der Waals surface area contributed by atoms with E-state index in [2.05, 4.69) is 5.16 Å². The summed E-state index contributed by atoms with van der Waals surface area (Å²) in [5.41, 5.74) is 5.83. The number of halogens is 2. The van der Waals surface area contributed by atoms with Gasteiger partial charge in [0.1, 0.15) is 5.84 Å². The lowest BCUT2D eigenvalue weighted by atomic mass is 10.1. The predicted octanol–water partition coefficient (Wildman–Crippen LogP) is 1.63. The Hall–Kier alpha value is -2.18. The van der Waals surface area contributed by atoms with Crippen molar-refractivity contribution in [2.24, 2.45) is 10.9 Å². The lowest BCUT2D eigenvalue weighted by molar-refractivity contribution is -0.130. The fourth-order valence-corrected chi connectivity index (χ4v) is 2.11. The molecule has 1 aliphatic rings. The largest absolute Gasteiger partial charge is 0.409 e. The quantitative estimate of drug-likeness (QED) is 0.362. The first-order valence-electron chi connectivity index (χ1n) is 6.71. The highest BCUT2D eigenvalue weighted by molar-refractivity contribution is 5.82. The van der Waals surface area contributed by atoms with Crippen molar-refractivity contribution in [1.82, 2.24) is 4.90 Å². The maximum absolute atomic E-state index is 13.1. The molecule has 0 bridgehead atoms. The van der Waals surface area contributed by atoms with Crippen molar-refractivity contribution in [3.63, 3.8) is 0 Å². The lowest BCUT2D eigenvalue weighted by Gasteiger charge is -2.22. The van der Waals surface area contributed by atoms with Crippen LogP contribution >= 0.6 is 0 Å². The highest BCUT2D eigenvalue weighted by atomic mass is 19.2. The molecule has 1 aliphatic carbocycles. The molecule has 5 nitrogen and oxygen atoms in total. The van der Waals surface area contributed by atoms with Crippen LogP contribution in [0.2, 0.25) is 0 Å². The van der Waals surface area contributed by atoms with Crippen LogP contribution in [0.15, 0.2) is 23.4 Å². The van der Waals surface area contributed by atoms with Crippen LogP contribution in [0.3, 0.4) is 0 Å². The zero-order chi connectivity index (χ0) is 15.4. The minimum absolute atomic E-state index is 0.00384. The molecule has 114 valence electrons. The first kappa shape index (κ1) is 15.2. The van der Waals surface area contributed by atoms with Crippen LogP contribution < -0.4 is 5.73 Å². The standard InChI is InChI=1S/C14H17F2N3O2/c15-11-4-1-9(7-12(11)16)8-14(20)19(10-2-3-10)6-5-13(17)18-21/h1,4,7,10,21H,2-3,5-6,8H2,(H2,17,18). The van der Waals surface area contributed by atoms with Crippen molar-refractivity contribution < 1.29 is 18.8 Å².